The number of ether oxygens (including phenoxy) is 1. The van der Waals surface area contributed by atoms with Crippen molar-refractivity contribution in [3.63, 3.8) is 0 Å². The summed E-state index contributed by atoms with van der Waals surface area (Å²) in [6.45, 7) is 2.03. The molecule has 0 aliphatic carbocycles. The van der Waals surface area contributed by atoms with Crippen molar-refractivity contribution < 1.29 is 4.74 Å². The monoisotopic (exact) mass is 290 g/mol. The Kier molecular flexibility index (Phi) is 3.11. The fourth-order valence-electron chi connectivity index (χ4n) is 4.01. The summed E-state index contributed by atoms with van der Waals surface area (Å²) >= 11 is 2.04. The molecule has 4 heteroatoms. The molecule has 20 heavy (non-hydrogen) atoms. The van der Waals surface area contributed by atoms with Crippen molar-refractivity contribution in [1.29, 1.82) is 0 Å². The predicted molar refractivity (Wildman–Crippen MR) is 85.6 cm³/mol. The van der Waals surface area contributed by atoms with Gasteiger partial charge in [-0.15, -0.1) is 0 Å². The number of fused-ring (bicyclic) bond motifs is 1. The largest absolute Gasteiger partial charge is 0.397 e. The summed E-state index contributed by atoms with van der Waals surface area (Å²) in [5.74, 6) is 2.43. The molecule has 1 spiro atoms. The summed E-state index contributed by atoms with van der Waals surface area (Å²) in [4.78, 5) is 2.57. The molecule has 1 aromatic carbocycles. The summed E-state index contributed by atoms with van der Waals surface area (Å²) < 4.78 is 6.16. The maximum absolute atomic E-state index is 6.24. The van der Waals surface area contributed by atoms with E-state index in [1.807, 2.05) is 17.8 Å². The number of anilines is 2. The van der Waals surface area contributed by atoms with Crippen LogP contribution in [0.3, 0.4) is 0 Å². The Morgan fingerprint density at radius 3 is 3.20 bits per heavy atom. The summed E-state index contributed by atoms with van der Waals surface area (Å²) in [5.41, 5.74) is 10.1. The minimum atomic E-state index is 0.153. The molecule has 3 nitrogen and oxygen atoms in total. The van der Waals surface area contributed by atoms with Crippen molar-refractivity contribution >= 4 is 23.1 Å². The molecule has 0 radical (unpaired) electrons. The second kappa shape index (κ2) is 4.85. The number of para-hydroxylation sites is 1. The van der Waals surface area contributed by atoms with Gasteiger partial charge in [0.25, 0.3) is 0 Å². The summed E-state index contributed by atoms with van der Waals surface area (Å²) in [5, 5.41) is 0. The van der Waals surface area contributed by atoms with E-state index in [-0.39, 0.29) is 5.60 Å². The van der Waals surface area contributed by atoms with Crippen LogP contribution >= 0.6 is 11.8 Å². The van der Waals surface area contributed by atoms with Crippen LogP contribution in [0, 0.1) is 0 Å². The first-order valence-electron chi connectivity index (χ1n) is 7.63. The Morgan fingerprint density at radius 2 is 2.35 bits per heavy atom. The number of hydrogen-bond acceptors (Lipinski definition) is 4. The number of thioether (sulfide) groups is 1. The Hall–Kier alpha value is -0.870. The van der Waals surface area contributed by atoms with Gasteiger partial charge in [0.15, 0.2) is 0 Å². The lowest BCUT2D eigenvalue weighted by molar-refractivity contribution is -0.0661. The number of nitrogens with two attached hydrogens (primary N) is 1. The molecule has 1 aromatic rings. The van der Waals surface area contributed by atoms with Gasteiger partial charge in [-0.1, -0.05) is 12.1 Å². The number of rotatable bonds is 1. The van der Waals surface area contributed by atoms with Gasteiger partial charge in [0.1, 0.15) is 0 Å². The van der Waals surface area contributed by atoms with Crippen LogP contribution in [-0.2, 0) is 11.2 Å². The first-order valence-corrected chi connectivity index (χ1v) is 8.79. The smallest absolute Gasteiger partial charge is 0.0799 e. The van der Waals surface area contributed by atoms with Gasteiger partial charge in [0.2, 0.25) is 0 Å². The highest BCUT2D eigenvalue weighted by atomic mass is 32.2. The second-order valence-corrected chi connectivity index (χ2v) is 7.38. The van der Waals surface area contributed by atoms with Crippen molar-refractivity contribution in [3.05, 3.63) is 23.8 Å². The SMILES string of the molecule is Nc1cccc2c1N(C1CCOC3(CCSC3)C1)CC2. The maximum atomic E-state index is 6.24. The van der Waals surface area contributed by atoms with Gasteiger partial charge in [-0.2, -0.15) is 11.8 Å². The third-order valence-electron chi connectivity index (χ3n) is 5.03. The Morgan fingerprint density at radius 1 is 1.40 bits per heavy atom. The highest BCUT2D eigenvalue weighted by Gasteiger charge is 2.43. The van der Waals surface area contributed by atoms with Gasteiger partial charge in [-0.25, -0.2) is 0 Å². The average molecular weight is 290 g/mol. The van der Waals surface area contributed by atoms with Crippen LogP contribution in [0.4, 0.5) is 11.4 Å². The third-order valence-corrected chi connectivity index (χ3v) is 6.26. The van der Waals surface area contributed by atoms with Crippen LogP contribution in [0.5, 0.6) is 0 Å². The number of hydrogen-bond donors (Lipinski definition) is 1. The van der Waals surface area contributed by atoms with Crippen molar-refractivity contribution in [2.24, 2.45) is 0 Å². The molecule has 3 heterocycles. The predicted octanol–water partition coefficient (Wildman–Crippen LogP) is 2.69. The molecule has 0 amide bonds. The average Bonchev–Trinajstić information content (AvgIpc) is 3.07. The van der Waals surface area contributed by atoms with Crippen LogP contribution in [0.25, 0.3) is 0 Å². The standard InChI is InChI=1S/C16H22N2OS/c17-14-3-1-2-12-4-7-18(15(12)14)13-5-8-19-16(10-13)6-9-20-11-16/h1-3,13H,4-11,17H2. The highest BCUT2D eigenvalue weighted by Crippen LogP contribution is 2.43. The van der Waals surface area contributed by atoms with Crippen LogP contribution < -0.4 is 10.6 Å². The molecule has 3 aliphatic heterocycles. The van der Waals surface area contributed by atoms with E-state index in [9.17, 15) is 0 Å². The van der Waals surface area contributed by atoms with Gasteiger partial charge in [-0.3, -0.25) is 0 Å². The van der Waals surface area contributed by atoms with Crippen LogP contribution in [0.1, 0.15) is 24.8 Å². The molecule has 2 saturated heterocycles. The molecule has 108 valence electrons. The van der Waals surface area contributed by atoms with Crippen molar-refractivity contribution in [2.45, 2.75) is 37.3 Å². The maximum Gasteiger partial charge on any atom is 0.0799 e. The summed E-state index contributed by atoms with van der Waals surface area (Å²) in [7, 11) is 0. The van der Waals surface area contributed by atoms with Gasteiger partial charge in [0, 0.05) is 24.9 Å². The molecule has 2 N–H and O–H groups in total. The molecule has 0 aromatic heterocycles. The summed E-state index contributed by atoms with van der Waals surface area (Å²) in [6, 6.07) is 6.95. The molecular weight excluding hydrogens is 268 g/mol. The third kappa shape index (κ3) is 2.01. The number of nitrogens with zero attached hydrogens (tertiary/aromatic N) is 1. The first kappa shape index (κ1) is 12.8. The fraction of sp³-hybridized carbons (Fsp3) is 0.625. The van der Waals surface area contributed by atoms with Crippen LogP contribution in [0.15, 0.2) is 18.2 Å². The van der Waals surface area contributed by atoms with Gasteiger partial charge in [-0.05, 0) is 43.1 Å². The molecule has 2 fully saturated rings. The van der Waals surface area contributed by atoms with E-state index in [1.54, 1.807) is 0 Å². The lowest BCUT2D eigenvalue weighted by Crippen LogP contribution is -2.48. The normalized spacial score (nSPS) is 32.8. The van der Waals surface area contributed by atoms with E-state index in [0.717, 1.165) is 31.7 Å². The molecule has 0 bridgehead atoms. The first-order chi connectivity index (χ1) is 9.77. The zero-order chi connectivity index (χ0) is 13.6. The van der Waals surface area contributed by atoms with E-state index in [2.05, 4.69) is 17.0 Å². The lowest BCUT2D eigenvalue weighted by Gasteiger charge is -2.42. The Balaban J connectivity index is 1.60. The second-order valence-electron chi connectivity index (χ2n) is 6.28. The molecule has 2 unspecified atom stereocenters. The Bertz CT molecular complexity index is 513. The minimum absolute atomic E-state index is 0.153. The van der Waals surface area contributed by atoms with E-state index >= 15 is 0 Å². The van der Waals surface area contributed by atoms with E-state index in [0.29, 0.717) is 6.04 Å². The topological polar surface area (TPSA) is 38.5 Å². The van der Waals surface area contributed by atoms with Crippen LogP contribution in [-0.4, -0.2) is 36.3 Å². The molecule has 2 atom stereocenters. The lowest BCUT2D eigenvalue weighted by atomic mass is 9.89. The zero-order valence-electron chi connectivity index (χ0n) is 11.8. The highest BCUT2D eigenvalue weighted by molar-refractivity contribution is 7.99. The fourth-order valence-corrected chi connectivity index (χ4v) is 5.39. The molecule has 4 rings (SSSR count). The number of nitrogen functional groups attached to an aromatic ring is 1. The minimum Gasteiger partial charge on any atom is -0.397 e. The zero-order valence-corrected chi connectivity index (χ0v) is 12.6. The van der Waals surface area contributed by atoms with Crippen molar-refractivity contribution in [1.82, 2.24) is 0 Å². The van der Waals surface area contributed by atoms with Gasteiger partial charge < -0.3 is 15.4 Å². The van der Waals surface area contributed by atoms with E-state index in [4.69, 9.17) is 10.5 Å². The van der Waals surface area contributed by atoms with Crippen molar-refractivity contribution in [2.75, 3.05) is 35.3 Å². The molecular formula is C16H22N2OS. The van der Waals surface area contributed by atoms with Crippen molar-refractivity contribution in [3.8, 4) is 0 Å². The van der Waals surface area contributed by atoms with Gasteiger partial charge >= 0.3 is 0 Å². The Labute approximate surface area is 124 Å². The molecule has 3 aliphatic rings. The van der Waals surface area contributed by atoms with Crippen LogP contribution in [0.2, 0.25) is 0 Å². The van der Waals surface area contributed by atoms with E-state index < -0.39 is 0 Å². The number of benzene rings is 1. The summed E-state index contributed by atoms with van der Waals surface area (Å²) in [6.07, 6.45) is 4.67. The van der Waals surface area contributed by atoms with E-state index in [1.165, 1.54) is 35.6 Å². The van der Waals surface area contributed by atoms with Gasteiger partial charge in [0.05, 0.1) is 17.0 Å². The quantitative estimate of drug-likeness (QED) is 0.807. The molecule has 0 saturated carbocycles.